The average Bonchev–Trinajstić information content (AvgIpc) is 2.44. The van der Waals surface area contributed by atoms with Gasteiger partial charge in [0.25, 0.3) is 5.91 Å². The molecular weight excluding hydrogens is 252 g/mol. The van der Waals surface area contributed by atoms with Crippen molar-refractivity contribution in [1.82, 2.24) is 4.90 Å². The van der Waals surface area contributed by atoms with Crippen molar-refractivity contribution in [3.8, 4) is 5.75 Å². The summed E-state index contributed by atoms with van der Waals surface area (Å²) in [4.78, 5) is 14.2. The number of nitrogens with two attached hydrogens (primary N) is 1. The van der Waals surface area contributed by atoms with Gasteiger partial charge in [-0.3, -0.25) is 4.79 Å². The van der Waals surface area contributed by atoms with Crippen molar-refractivity contribution >= 4 is 5.91 Å². The van der Waals surface area contributed by atoms with Crippen molar-refractivity contribution in [2.45, 2.75) is 45.8 Å². The first kappa shape index (κ1) is 14.9. The smallest absolute Gasteiger partial charge is 0.263 e. The van der Waals surface area contributed by atoms with E-state index in [9.17, 15) is 4.79 Å². The van der Waals surface area contributed by atoms with Crippen LogP contribution in [0, 0.1) is 13.8 Å². The summed E-state index contributed by atoms with van der Waals surface area (Å²) in [6, 6.07) is 6.14. The van der Waals surface area contributed by atoms with Crippen LogP contribution in [-0.2, 0) is 4.79 Å². The van der Waals surface area contributed by atoms with Crippen LogP contribution < -0.4 is 10.5 Å². The van der Waals surface area contributed by atoms with Crippen LogP contribution >= 0.6 is 0 Å². The van der Waals surface area contributed by atoms with Gasteiger partial charge in [0, 0.05) is 19.1 Å². The summed E-state index contributed by atoms with van der Waals surface area (Å²) in [5.74, 6) is 0.845. The van der Waals surface area contributed by atoms with Crippen molar-refractivity contribution in [2.75, 3.05) is 13.1 Å². The molecule has 1 aliphatic rings. The van der Waals surface area contributed by atoms with E-state index in [0.717, 1.165) is 37.2 Å². The van der Waals surface area contributed by atoms with E-state index < -0.39 is 6.10 Å². The van der Waals surface area contributed by atoms with Gasteiger partial charge in [0.2, 0.25) is 0 Å². The number of hydrogen-bond acceptors (Lipinski definition) is 3. The van der Waals surface area contributed by atoms with Gasteiger partial charge in [0.15, 0.2) is 6.10 Å². The Hall–Kier alpha value is -1.55. The third-order valence-electron chi connectivity index (χ3n) is 4.06. The molecule has 20 heavy (non-hydrogen) atoms. The number of carbonyl (C=O) groups excluding carboxylic acids is 1. The van der Waals surface area contributed by atoms with E-state index in [-0.39, 0.29) is 11.9 Å². The lowest BCUT2D eigenvalue weighted by Crippen LogP contribution is -2.47. The molecule has 4 heteroatoms. The van der Waals surface area contributed by atoms with Crippen LogP contribution in [0.15, 0.2) is 18.2 Å². The molecule has 0 radical (unpaired) electrons. The fraction of sp³-hybridized carbons (Fsp3) is 0.562. The van der Waals surface area contributed by atoms with Crippen LogP contribution in [0.25, 0.3) is 0 Å². The van der Waals surface area contributed by atoms with Crippen molar-refractivity contribution in [3.63, 3.8) is 0 Å². The minimum Gasteiger partial charge on any atom is -0.481 e. The number of aryl methyl sites for hydroxylation is 1. The van der Waals surface area contributed by atoms with Gasteiger partial charge in [0.05, 0.1) is 0 Å². The Labute approximate surface area is 120 Å². The SMILES string of the molecule is Cc1cccc(OC(C)C(=O)N2CCC(N)CC2)c1C. The summed E-state index contributed by atoms with van der Waals surface area (Å²) in [5.41, 5.74) is 8.13. The fourth-order valence-corrected chi connectivity index (χ4v) is 2.47. The first-order valence-electron chi connectivity index (χ1n) is 7.26. The molecule has 110 valence electrons. The number of piperidine rings is 1. The first-order chi connectivity index (χ1) is 9.49. The molecule has 1 aromatic carbocycles. The maximum Gasteiger partial charge on any atom is 0.263 e. The number of ether oxygens (including phenoxy) is 1. The van der Waals surface area contributed by atoms with Gasteiger partial charge in [-0.1, -0.05) is 12.1 Å². The van der Waals surface area contributed by atoms with Gasteiger partial charge >= 0.3 is 0 Å². The van der Waals surface area contributed by atoms with Crippen LogP contribution in [0.5, 0.6) is 5.75 Å². The summed E-state index contributed by atoms with van der Waals surface area (Å²) < 4.78 is 5.85. The molecule has 0 saturated carbocycles. The van der Waals surface area contributed by atoms with Gasteiger partial charge < -0.3 is 15.4 Å². The lowest BCUT2D eigenvalue weighted by molar-refractivity contribution is -0.139. The van der Waals surface area contributed by atoms with Crippen LogP contribution in [0.3, 0.4) is 0 Å². The second-order valence-corrected chi connectivity index (χ2v) is 5.62. The topological polar surface area (TPSA) is 55.6 Å². The molecule has 2 N–H and O–H groups in total. The zero-order chi connectivity index (χ0) is 14.7. The van der Waals surface area contributed by atoms with E-state index >= 15 is 0 Å². The molecule has 2 rings (SSSR count). The molecule has 0 bridgehead atoms. The van der Waals surface area contributed by atoms with Crippen molar-refractivity contribution in [1.29, 1.82) is 0 Å². The Morgan fingerprint density at radius 3 is 2.65 bits per heavy atom. The second kappa shape index (κ2) is 6.27. The molecule has 0 aromatic heterocycles. The zero-order valence-corrected chi connectivity index (χ0v) is 12.6. The quantitative estimate of drug-likeness (QED) is 0.919. The molecular formula is C16H24N2O2. The van der Waals surface area contributed by atoms with E-state index in [1.54, 1.807) is 0 Å². The molecule has 1 fully saturated rings. The van der Waals surface area contributed by atoms with E-state index in [2.05, 4.69) is 0 Å². The summed E-state index contributed by atoms with van der Waals surface area (Å²) in [6.07, 6.45) is 1.30. The largest absolute Gasteiger partial charge is 0.481 e. The van der Waals surface area contributed by atoms with E-state index in [1.165, 1.54) is 5.56 Å². The molecule has 0 spiro atoms. The third kappa shape index (κ3) is 3.31. The minimum absolute atomic E-state index is 0.0535. The van der Waals surface area contributed by atoms with Gasteiger partial charge in [-0.15, -0.1) is 0 Å². The Balaban J connectivity index is 1.99. The average molecular weight is 276 g/mol. The van der Waals surface area contributed by atoms with E-state index in [4.69, 9.17) is 10.5 Å². The van der Waals surface area contributed by atoms with Gasteiger partial charge in [-0.05, 0) is 50.8 Å². The monoisotopic (exact) mass is 276 g/mol. The third-order valence-corrected chi connectivity index (χ3v) is 4.06. The molecule has 1 aliphatic heterocycles. The maximum atomic E-state index is 12.4. The highest BCUT2D eigenvalue weighted by atomic mass is 16.5. The van der Waals surface area contributed by atoms with E-state index in [0.29, 0.717) is 0 Å². The van der Waals surface area contributed by atoms with Crippen molar-refractivity contribution in [2.24, 2.45) is 5.73 Å². The van der Waals surface area contributed by atoms with Crippen LogP contribution in [0.2, 0.25) is 0 Å². The van der Waals surface area contributed by atoms with Crippen molar-refractivity contribution < 1.29 is 9.53 Å². The highest BCUT2D eigenvalue weighted by Gasteiger charge is 2.26. The van der Waals surface area contributed by atoms with Crippen LogP contribution in [0.4, 0.5) is 0 Å². The van der Waals surface area contributed by atoms with Crippen LogP contribution in [0.1, 0.15) is 30.9 Å². The standard InChI is InChI=1S/C16H24N2O2/c1-11-5-4-6-15(12(11)2)20-13(3)16(19)18-9-7-14(17)8-10-18/h4-6,13-14H,7-10,17H2,1-3H3. The Morgan fingerprint density at radius 2 is 2.00 bits per heavy atom. The molecule has 1 amide bonds. The molecule has 0 aliphatic carbocycles. The first-order valence-corrected chi connectivity index (χ1v) is 7.26. The highest BCUT2D eigenvalue weighted by molar-refractivity contribution is 5.81. The Bertz CT molecular complexity index is 479. The molecule has 1 heterocycles. The molecule has 1 saturated heterocycles. The number of benzene rings is 1. The Kier molecular flexibility index (Phi) is 4.65. The number of amides is 1. The molecule has 1 atom stereocenters. The number of hydrogen-bond donors (Lipinski definition) is 1. The summed E-state index contributed by atoms with van der Waals surface area (Å²) in [6.45, 7) is 7.35. The lowest BCUT2D eigenvalue weighted by Gasteiger charge is -2.32. The number of rotatable bonds is 3. The summed E-state index contributed by atoms with van der Waals surface area (Å²) in [5, 5.41) is 0. The second-order valence-electron chi connectivity index (χ2n) is 5.62. The zero-order valence-electron chi connectivity index (χ0n) is 12.6. The molecule has 4 nitrogen and oxygen atoms in total. The predicted molar refractivity (Wildman–Crippen MR) is 79.8 cm³/mol. The van der Waals surface area contributed by atoms with Crippen molar-refractivity contribution in [3.05, 3.63) is 29.3 Å². The minimum atomic E-state index is -0.454. The number of nitrogens with zero attached hydrogens (tertiary/aromatic N) is 1. The number of carbonyl (C=O) groups is 1. The maximum absolute atomic E-state index is 12.4. The molecule has 1 aromatic rings. The van der Waals surface area contributed by atoms with Crippen LogP contribution in [-0.4, -0.2) is 36.0 Å². The van der Waals surface area contributed by atoms with Gasteiger partial charge in [0.1, 0.15) is 5.75 Å². The lowest BCUT2D eigenvalue weighted by atomic mass is 10.1. The Morgan fingerprint density at radius 1 is 1.35 bits per heavy atom. The fourth-order valence-electron chi connectivity index (χ4n) is 2.47. The van der Waals surface area contributed by atoms with E-state index in [1.807, 2.05) is 43.9 Å². The highest BCUT2D eigenvalue weighted by Crippen LogP contribution is 2.22. The normalized spacial score (nSPS) is 17.9. The van der Waals surface area contributed by atoms with Gasteiger partial charge in [-0.25, -0.2) is 0 Å². The summed E-state index contributed by atoms with van der Waals surface area (Å²) >= 11 is 0. The number of likely N-dealkylation sites (tertiary alicyclic amines) is 1. The molecule has 1 unspecified atom stereocenters. The predicted octanol–water partition coefficient (Wildman–Crippen LogP) is 2.02. The van der Waals surface area contributed by atoms with Gasteiger partial charge in [-0.2, -0.15) is 0 Å². The summed E-state index contributed by atoms with van der Waals surface area (Å²) in [7, 11) is 0.